The molecule has 0 aliphatic carbocycles. The standard InChI is InChI=1S/C14H20N2O/c15-14(17)10-12-3-1-11(2-4-12)9-13-5-7-16-8-6-13/h1-4,13,16H,5-10H2,(H2,15,17). The van der Waals surface area contributed by atoms with Gasteiger partial charge in [0.1, 0.15) is 0 Å². The topological polar surface area (TPSA) is 55.1 Å². The molecule has 0 saturated carbocycles. The van der Waals surface area contributed by atoms with Crippen LogP contribution >= 0.6 is 0 Å². The summed E-state index contributed by atoms with van der Waals surface area (Å²) >= 11 is 0. The molecule has 3 N–H and O–H groups in total. The lowest BCUT2D eigenvalue weighted by molar-refractivity contribution is -0.117. The molecular weight excluding hydrogens is 212 g/mol. The molecule has 0 aromatic heterocycles. The average molecular weight is 232 g/mol. The van der Waals surface area contributed by atoms with Crippen LogP contribution in [0.1, 0.15) is 24.0 Å². The second-order valence-corrected chi connectivity index (χ2v) is 4.86. The number of benzene rings is 1. The van der Waals surface area contributed by atoms with Crippen LogP contribution in [0.15, 0.2) is 24.3 Å². The summed E-state index contributed by atoms with van der Waals surface area (Å²) in [5.41, 5.74) is 7.54. The molecule has 3 nitrogen and oxygen atoms in total. The van der Waals surface area contributed by atoms with Crippen molar-refractivity contribution in [1.82, 2.24) is 5.32 Å². The third kappa shape index (κ3) is 3.86. The second kappa shape index (κ2) is 5.82. The molecule has 0 atom stereocenters. The highest BCUT2D eigenvalue weighted by Gasteiger charge is 2.13. The van der Waals surface area contributed by atoms with Crippen molar-refractivity contribution in [3.63, 3.8) is 0 Å². The van der Waals surface area contributed by atoms with E-state index in [9.17, 15) is 4.79 Å². The second-order valence-electron chi connectivity index (χ2n) is 4.86. The van der Waals surface area contributed by atoms with Crippen LogP contribution in [0.4, 0.5) is 0 Å². The van der Waals surface area contributed by atoms with E-state index in [1.807, 2.05) is 12.1 Å². The van der Waals surface area contributed by atoms with Crippen molar-refractivity contribution < 1.29 is 4.79 Å². The van der Waals surface area contributed by atoms with Gasteiger partial charge in [-0.15, -0.1) is 0 Å². The Balaban J connectivity index is 1.90. The Bertz CT molecular complexity index is 366. The van der Waals surface area contributed by atoms with Gasteiger partial charge in [0, 0.05) is 0 Å². The van der Waals surface area contributed by atoms with Gasteiger partial charge in [0.2, 0.25) is 5.91 Å². The minimum absolute atomic E-state index is 0.267. The molecule has 0 radical (unpaired) electrons. The maximum atomic E-state index is 10.8. The fourth-order valence-electron chi connectivity index (χ4n) is 2.41. The lowest BCUT2D eigenvalue weighted by Gasteiger charge is -2.22. The van der Waals surface area contributed by atoms with Crippen LogP contribution in [0.2, 0.25) is 0 Å². The van der Waals surface area contributed by atoms with Crippen molar-refractivity contribution in [2.24, 2.45) is 11.7 Å². The van der Waals surface area contributed by atoms with Gasteiger partial charge in [0.15, 0.2) is 0 Å². The van der Waals surface area contributed by atoms with Gasteiger partial charge in [-0.1, -0.05) is 24.3 Å². The van der Waals surface area contributed by atoms with Gasteiger partial charge in [0.05, 0.1) is 6.42 Å². The Kier molecular flexibility index (Phi) is 4.15. The normalized spacial score (nSPS) is 16.9. The maximum absolute atomic E-state index is 10.8. The number of primary amides is 1. The summed E-state index contributed by atoms with van der Waals surface area (Å²) in [6.45, 7) is 2.29. The molecule has 3 heteroatoms. The zero-order valence-corrected chi connectivity index (χ0v) is 10.1. The van der Waals surface area contributed by atoms with Gasteiger partial charge in [0.25, 0.3) is 0 Å². The van der Waals surface area contributed by atoms with Crippen LogP contribution in [0, 0.1) is 5.92 Å². The summed E-state index contributed by atoms with van der Waals surface area (Å²) in [6, 6.07) is 8.28. The van der Waals surface area contributed by atoms with Gasteiger partial charge >= 0.3 is 0 Å². The maximum Gasteiger partial charge on any atom is 0.221 e. The highest BCUT2D eigenvalue weighted by Crippen LogP contribution is 2.18. The molecule has 1 amide bonds. The Morgan fingerprint density at radius 1 is 1.18 bits per heavy atom. The molecule has 0 bridgehead atoms. The van der Waals surface area contributed by atoms with Crippen LogP contribution < -0.4 is 11.1 Å². The van der Waals surface area contributed by atoms with Gasteiger partial charge in [-0.3, -0.25) is 4.79 Å². The number of hydrogen-bond acceptors (Lipinski definition) is 2. The Hall–Kier alpha value is -1.35. The highest BCUT2D eigenvalue weighted by molar-refractivity contribution is 5.76. The van der Waals surface area contributed by atoms with Crippen molar-refractivity contribution in [3.8, 4) is 0 Å². The van der Waals surface area contributed by atoms with E-state index in [0.29, 0.717) is 6.42 Å². The number of nitrogens with one attached hydrogen (secondary N) is 1. The summed E-state index contributed by atoms with van der Waals surface area (Å²) in [5, 5.41) is 3.38. The Labute approximate surface area is 102 Å². The number of carbonyl (C=O) groups is 1. The third-order valence-electron chi connectivity index (χ3n) is 3.38. The van der Waals surface area contributed by atoms with Crippen LogP contribution in [-0.2, 0) is 17.6 Å². The molecule has 1 heterocycles. The van der Waals surface area contributed by atoms with E-state index in [4.69, 9.17) is 5.73 Å². The molecule has 1 aromatic rings. The van der Waals surface area contributed by atoms with Crippen molar-refractivity contribution in [3.05, 3.63) is 35.4 Å². The summed E-state index contributed by atoms with van der Waals surface area (Å²) in [5.74, 6) is 0.536. The molecule has 2 rings (SSSR count). The molecule has 0 unspecified atom stereocenters. The van der Waals surface area contributed by atoms with Crippen molar-refractivity contribution in [2.75, 3.05) is 13.1 Å². The zero-order chi connectivity index (χ0) is 12.1. The number of rotatable bonds is 4. The fraction of sp³-hybridized carbons (Fsp3) is 0.500. The molecule has 1 aliphatic rings. The fourth-order valence-corrected chi connectivity index (χ4v) is 2.41. The summed E-state index contributed by atoms with van der Waals surface area (Å²) in [6.07, 6.45) is 4.03. The Morgan fingerprint density at radius 3 is 2.35 bits per heavy atom. The summed E-state index contributed by atoms with van der Waals surface area (Å²) in [7, 11) is 0. The number of piperidine rings is 1. The van der Waals surface area contributed by atoms with Gasteiger partial charge < -0.3 is 11.1 Å². The molecule has 1 fully saturated rings. The molecule has 1 aromatic carbocycles. The van der Waals surface area contributed by atoms with E-state index < -0.39 is 0 Å². The largest absolute Gasteiger partial charge is 0.369 e. The molecule has 17 heavy (non-hydrogen) atoms. The van der Waals surface area contributed by atoms with E-state index in [-0.39, 0.29) is 5.91 Å². The first kappa shape index (κ1) is 12.1. The van der Waals surface area contributed by atoms with E-state index in [1.54, 1.807) is 0 Å². The van der Waals surface area contributed by atoms with E-state index in [1.165, 1.54) is 18.4 Å². The number of amides is 1. The molecule has 1 saturated heterocycles. The first-order valence-electron chi connectivity index (χ1n) is 6.31. The third-order valence-corrected chi connectivity index (χ3v) is 3.38. The summed E-state index contributed by atoms with van der Waals surface area (Å²) in [4.78, 5) is 10.8. The SMILES string of the molecule is NC(=O)Cc1ccc(CC2CCNCC2)cc1. The summed E-state index contributed by atoms with van der Waals surface area (Å²) < 4.78 is 0. The van der Waals surface area contributed by atoms with Crippen LogP contribution in [-0.4, -0.2) is 19.0 Å². The lowest BCUT2D eigenvalue weighted by atomic mass is 9.90. The first-order valence-corrected chi connectivity index (χ1v) is 6.31. The minimum Gasteiger partial charge on any atom is -0.369 e. The number of nitrogens with two attached hydrogens (primary N) is 1. The minimum atomic E-state index is -0.267. The Morgan fingerprint density at radius 2 is 1.76 bits per heavy atom. The lowest BCUT2D eigenvalue weighted by Crippen LogP contribution is -2.28. The van der Waals surface area contributed by atoms with Crippen LogP contribution in [0.25, 0.3) is 0 Å². The zero-order valence-electron chi connectivity index (χ0n) is 10.1. The monoisotopic (exact) mass is 232 g/mol. The van der Waals surface area contributed by atoms with Gasteiger partial charge in [-0.05, 0) is 49.4 Å². The van der Waals surface area contributed by atoms with Crippen molar-refractivity contribution >= 4 is 5.91 Å². The van der Waals surface area contributed by atoms with Crippen LogP contribution in [0.5, 0.6) is 0 Å². The molecule has 1 aliphatic heterocycles. The van der Waals surface area contributed by atoms with Crippen LogP contribution in [0.3, 0.4) is 0 Å². The predicted molar refractivity (Wildman–Crippen MR) is 68.6 cm³/mol. The number of carbonyl (C=O) groups excluding carboxylic acids is 1. The smallest absolute Gasteiger partial charge is 0.221 e. The molecule has 0 spiro atoms. The van der Waals surface area contributed by atoms with Crippen molar-refractivity contribution in [1.29, 1.82) is 0 Å². The highest BCUT2D eigenvalue weighted by atomic mass is 16.1. The predicted octanol–water partition coefficient (Wildman–Crippen LogP) is 1.26. The first-order chi connectivity index (χ1) is 8.24. The number of hydrogen-bond donors (Lipinski definition) is 2. The van der Waals surface area contributed by atoms with E-state index in [0.717, 1.165) is 31.0 Å². The quantitative estimate of drug-likeness (QED) is 0.821. The molecule has 92 valence electrons. The average Bonchev–Trinajstić information content (AvgIpc) is 2.32. The van der Waals surface area contributed by atoms with Gasteiger partial charge in [-0.2, -0.15) is 0 Å². The van der Waals surface area contributed by atoms with Crippen molar-refractivity contribution in [2.45, 2.75) is 25.7 Å². The van der Waals surface area contributed by atoms with Gasteiger partial charge in [-0.25, -0.2) is 0 Å². The molecular formula is C14H20N2O. The van der Waals surface area contributed by atoms with E-state index in [2.05, 4.69) is 17.4 Å². The van der Waals surface area contributed by atoms with E-state index >= 15 is 0 Å².